The number of rotatable bonds is 3. The van der Waals surface area contributed by atoms with Crippen molar-refractivity contribution in [1.29, 1.82) is 0 Å². The van der Waals surface area contributed by atoms with Gasteiger partial charge in [-0.05, 0) is 6.07 Å². The van der Waals surface area contributed by atoms with Crippen LogP contribution in [0.4, 0.5) is 36.3 Å². The van der Waals surface area contributed by atoms with E-state index in [9.17, 15) is 13.2 Å². The van der Waals surface area contributed by atoms with Crippen molar-refractivity contribution in [2.45, 2.75) is 6.18 Å². The minimum absolute atomic E-state index is 0.0183. The number of hydrogen-bond acceptors (Lipinski definition) is 6. The van der Waals surface area contributed by atoms with E-state index in [1.807, 2.05) is 0 Å². The number of aromatic nitrogens is 3. The number of nitrogens with one attached hydrogen (secondary N) is 1. The quantitative estimate of drug-likeness (QED) is 0.899. The maximum absolute atomic E-state index is 12.6. The summed E-state index contributed by atoms with van der Waals surface area (Å²) >= 11 is 5.82. The molecule has 0 aliphatic carbocycles. The molecule has 118 valence electrons. The number of hydrogen-bond donors (Lipinski definition) is 2. The fraction of sp³-hybridized carbons (Fsp3) is 0.250. The monoisotopic (exact) mass is 332 g/mol. The van der Waals surface area contributed by atoms with Gasteiger partial charge in [0.05, 0.1) is 10.6 Å². The molecule has 0 radical (unpaired) electrons. The summed E-state index contributed by atoms with van der Waals surface area (Å²) in [5.74, 6) is 0.679. The number of nitrogens with zero attached hydrogens (tertiary/aromatic N) is 4. The zero-order valence-electron chi connectivity index (χ0n) is 11.6. The Morgan fingerprint density at radius 1 is 1.18 bits per heavy atom. The summed E-state index contributed by atoms with van der Waals surface area (Å²) < 4.78 is 37.7. The smallest absolute Gasteiger partial charge is 0.393 e. The number of pyridine rings is 1. The SMILES string of the molecule is CN(C)c1ncnc(Nc2ncc(C(F)(F)F)cc2Cl)c1N. The number of nitrogens with two attached hydrogens (primary N) is 1. The highest BCUT2D eigenvalue weighted by molar-refractivity contribution is 6.33. The van der Waals surface area contributed by atoms with Crippen LogP contribution in [0.15, 0.2) is 18.6 Å². The van der Waals surface area contributed by atoms with Crippen LogP contribution in [-0.4, -0.2) is 29.0 Å². The van der Waals surface area contributed by atoms with Gasteiger partial charge in [-0.25, -0.2) is 15.0 Å². The molecule has 0 saturated carbocycles. The van der Waals surface area contributed by atoms with E-state index in [1.165, 1.54) is 6.33 Å². The van der Waals surface area contributed by atoms with E-state index < -0.39 is 11.7 Å². The van der Waals surface area contributed by atoms with Crippen LogP contribution < -0.4 is 16.0 Å². The normalized spacial score (nSPS) is 11.4. The molecule has 0 bridgehead atoms. The summed E-state index contributed by atoms with van der Waals surface area (Å²) in [5.41, 5.74) is 5.19. The summed E-state index contributed by atoms with van der Waals surface area (Å²) in [5, 5.41) is 2.51. The Bertz CT molecular complexity index is 689. The fourth-order valence-electron chi connectivity index (χ4n) is 1.64. The maximum atomic E-state index is 12.6. The molecule has 0 saturated heterocycles. The molecule has 0 amide bonds. The van der Waals surface area contributed by atoms with Gasteiger partial charge < -0.3 is 16.0 Å². The van der Waals surface area contributed by atoms with E-state index in [0.717, 1.165) is 6.07 Å². The van der Waals surface area contributed by atoms with E-state index in [4.69, 9.17) is 17.3 Å². The van der Waals surface area contributed by atoms with E-state index in [2.05, 4.69) is 20.3 Å². The van der Waals surface area contributed by atoms with Gasteiger partial charge in [-0.2, -0.15) is 13.2 Å². The van der Waals surface area contributed by atoms with Crippen molar-refractivity contribution < 1.29 is 13.2 Å². The molecule has 10 heteroatoms. The van der Waals surface area contributed by atoms with Crippen LogP contribution in [-0.2, 0) is 6.18 Å². The van der Waals surface area contributed by atoms with Crippen LogP contribution in [0, 0.1) is 0 Å². The Morgan fingerprint density at radius 2 is 1.86 bits per heavy atom. The first-order chi connectivity index (χ1) is 10.2. The lowest BCUT2D eigenvalue weighted by atomic mass is 10.2. The summed E-state index contributed by atoms with van der Waals surface area (Å²) in [6.07, 6.45) is -2.56. The van der Waals surface area contributed by atoms with Crippen molar-refractivity contribution >= 4 is 34.7 Å². The second-order valence-corrected chi connectivity index (χ2v) is 4.94. The highest BCUT2D eigenvalue weighted by Crippen LogP contribution is 2.34. The van der Waals surface area contributed by atoms with Crippen molar-refractivity contribution in [3.8, 4) is 0 Å². The van der Waals surface area contributed by atoms with Gasteiger partial charge in [-0.3, -0.25) is 0 Å². The van der Waals surface area contributed by atoms with E-state index in [1.54, 1.807) is 19.0 Å². The summed E-state index contributed by atoms with van der Waals surface area (Å²) in [7, 11) is 3.48. The molecule has 0 atom stereocenters. The van der Waals surface area contributed by atoms with Crippen LogP contribution in [0.1, 0.15) is 5.56 Å². The fourth-order valence-corrected chi connectivity index (χ4v) is 1.85. The zero-order chi connectivity index (χ0) is 16.5. The average Bonchev–Trinajstić information content (AvgIpc) is 2.41. The van der Waals surface area contributed by atoms with Gasteiger partial charge in [0.25, 0.3) is 0 Å². The molecule has 0 aromatic carbocycles. The standard InChI is InChI=1S/C12H12ClF3N6/c1-22(2)11-8(17)10(19-5-20-11)21-9-7(13)3-6(4-18-9)12(14,15)16/h3-5H,17H2,1-2H3,(H,18,19,20,21). The predicted molar refractivity (Wildman–Crippen MR) is 78.3 cm³/mol. The van der Waals surface area contributed by atoms with Crippen molar-refractivity contribution in [3.63, 3.8) is 0 Å². The van der Waals surface area contributed by atoms with Crippen molar-refractivity contribution in [2.24, 2.45) is 0 Å². The van der Waals surface area contributed by atoms with Gasteiger partial charge in [0, 0.05) is 20.3 Å². The number of halogens is 4. The highest BCUT2D eigenvalue weighted by atomic mass is 35.5. The molecule has 2 heterocycles. The summed E-state index contributed by atoms with van der Waals surface area (Å²) in [6, 6.07) is 0.779. The minimum atomic E-state index is -4.51. The number of alkyl halides is 3. The lowest BCUT2D eigenvalue weighted by Gasteiger charge is -2.16. The van der Waals surface area contributed by atoms with Crippen LogP contribution in [0.2, 0.25) is 5.02 Å². The van der Waals surface area contributed by atoms with Gasteiger partial charge in [-0.15, -0.1) is 0 Å². The zero-order valence-corrected chi connectivity index (χ0v) is 12.4. The number of anilines is 4. The Morgan fingerprint density at radius 3 is 2.41 bits per heavy atom. The molecule has 3 N–H and O–H groups in total. The van der Waals surface area contributed by atoms with E-state index in [0.29, 0.717) is 12.0 Å². The Hall–Kier alpha value is -2.29. The van der Waals surface area contributed by atoms with Crippen molar-refractivity contribution in [2.75, 3.05) is 30.0 Å². The first kappa shape index (κ1) is 16.1. The topological polar surface area (TPSA) is 80.0 Å². The van der Waals surface area contributed by atoms with Crippen LogP contribution >= 0.6 is 11.6 Å². The second kappa shape index (κ2) is 5.84. The molecule has 22 heavy (non-hydrogen) atoms. The lowest BCUT2D eigenvalue weighted by molar-refractivity contribution is -0.137. The molecule has 2 aromatic rings. The Balaban J connectivity index is 2.34. The van der Waals surface area contributed by atoms with Gasteiger partial charge in [0.2, 0.25) is 0 Å². The molecule has 0 fully saturated rings. The second-order valence-electron chi connectivity index (χ2n) is 4.53. The Labute approximate surface area is 129 Å². The minimum Gasteiger partial charge on any atom is -0.393 e. The van der Waals surface area contributed by atoms with Crippen molar-refractivity contribution in [3.05, 3.63) is 29.2 Å². The Kier molecular flexibility index (Phi) is 4.27. The number of nitrogen functional groups attached to an aromatic ring is 1. The predicted octanol–water partition coefficient (Wildman–Crippen LogP) is 2.94. The van der Waals surface area contributed by atoms with E-state index in [-0.39, 0.29) is 22.3 Å². The highest BCUT2D eigenvalue weighted by Gasteiger charge is 2.31. The molecule has 0 unspecified atom stereocenters. The van der Waals surface area contributed by atoms with Crippen molar-refractivity contribution in [1.82, 2.24) is 15.0 Å². The van der Waals surface area contributed by atoms with Gasteiger partial charge in [0.15, 0.2) is 11.6 Å². The first-order valence-corrected chi connectivity index (χ1v) is 6.35. The third kappa shape index (κ3) is 3.30. The molecule has 2 aromatic heterocycles. The molecule has 0 aliphatic heterocycles. The van der Waals surface area contributed by atoms with Crippen LogP contribution in [0.3, 0.4) is 0 Å². The molecule has 6 nitrogen and oxygen atoms in total. The van der Waals surface area contributed by atoms with Gasteiger partial charge in [0.1, 0.15) is 17.8 Å². The van der Waals surface area contributed by atoms with Crippen LogP contribution in [0.5, 0.6) is 0 Å². The third-order valence-electron chi connectivity index (χ3n) is 2.69. The summed E-state index contributed by atoms with van der Waals surface area (Å²) in [6.45, 7) is 0. The van der Waals surface area contributed by atoms with Gasteiger partial charge >= 0.3 is 6.18 Å². The molecule has 2 rings (SSSR count). The maximum Gasteiger partial charge on any atom is 0.417 e. The third-order valence-corrected chi connectivity index (χ3v) is 2.98. The summed E-state index contributed by atoms with van der Waals surface area (Å²) in [4.78, 5) is 13.3. The first-order valence-electron chi connectivity index (χ1n) is 5.97. The molecular formula is C12H12ClF3N6. The van der Waals surface area contributed by atoms with Crippen LogP contribution in [0.25, 0.3) is 0 Å². The lowest BCUT2D eigenvalue weighted by Crippen LogP contribution is -2.15. The molecule has 0 aliphatic rings. The molecule has 0 spiro atoms. The largest absolute Gasteiger partial charge is 0.417 e. The molecular weight excluding hydrogens is 321 g/mol. The van der Waals surface area contributed by atoms with E-state index >= 15 is 0 Å². The average molecular weight is 333 g/mol. The van der Waals surface area contributed by atoms with Gasteiger partial charge in [-0.1, -0.05) is 11.6 Å².